The topological polar surface area (TPSA) is 172 Å². The Hall–Kier alpha value is -3.96. The number of hydrogen-bond donors (Lipinski definition) is 5. The lowest BCUT2D eigenvalue weighted by Gasteiger charge is -2.28. The van der Waals surface area contributed by atoms with Crippen molar-refractivity contribution in [3.8, 4) is 0 Å². The molecule has 0 bridgehead atoms. The van der Waals surface area contributed by atoms with Crippen molar-refractivity contribution in [2.75, 3.05) is 6.54 Å². The molecule has 2 rings (SSSR count). The van der Waals surface area contributed by atoms with Crippen molar-refractivity contribution in [3.63, 3.8) is 0 Å². The molecule has 5 amide bonds. The van der Waals surface area contributed by atoms with Crippen molar-refractivity contribution >= 4 is 35.5 Å². The molecule has 12 heteroatoms. The second-order valence-corrected chi connectivity index (χ2v) is 13.7. The van der Waals surface area contributed by atoms with Gasteiger partial charge in [-0.3, -0.25) is 24.0 Å². The van der Waals surface area contributed by atoms with Gasteiger partial charge in [0.1, 0.15) is 30.3 Å². The summed E-state index contributed by atoms with van der Waals surface area (Å²) in [4.78, 5) is 80.0. The third-order valence-electron chi connectivity index (χ3n) is 8.49. The van der Waals surface area contributed by atoms with E-state index in [1.165, 1.54) is 6.92 Å². The van der Waals surface area contributed by atoms with Crippen molar-refractivity contribution in [1.29, 1.82) is 0 Å². The molecule has 1 heterocycles. The third kappa shape index (κ3) is 14.0. The Morgan fingerprint density at radius 2 is 1.44 bits per heavy atom. The Bertz CT molecular complexity index is 1220. The van der Waals surface area contributed by atoms with Gasteiger partial charge in [0.25, 0.3) is 0 Å². The third-order valence-corrected chi connectivity index (χ3v) is 8.49. The fourth-order valence-corrected chi connectivity index (χ4v) is 5.55. The van der Waals surface area contributed by atoms with Crippen LogP contribution < -0.4 is 26.6 Å². The fraction of sp³-hybridized carbons (Fsp3) is 0.667. The summed E-state index contributed by atoms with van der Waals surface area (Å²) in [5.74, 6) is -4.00. The predicted octanol–water partition coefficient (Wildman–Crippen LogP) is 2.93. The van der Waals surface area contributed by atoms with Gasteiger partial charge >= 0.3 is 5.97 Å². The highest BCUT2D eigenvalue weighted by atomic mass is 16.5. The Morgan fingerprint density at radius 1 is 0.771 bits per heavy atom. The standard InChI is InChI=1S/C36H57N5O7/c1-8-9-10-12-15-24(6)29-20-30(42)37-21-31(43)41-32(23(4)5)35(46)39-27(18-22(2)3)34(45)38-25(7)33(44)40-28(36(47)48-29)19-26-16-13-11-14-17-26/h11,13-14,16-17,22-25,27-29,32H,8-10,12,15,18-21H2,1-7H3,(H,37,42)(H,38,45)(H,39,46)(H,40,44)(H,41,43)/t24-,25-,27-,28-,29-,32-/m0/s1. The molecule has 0 aliphatic carbocycles. The molecular formula is C36H57N5O7. The normalized spacial score (nSPS) is 24.6. The summed E-state index contributed by atoms with van der Waals surface area (Å²) in [6, 6.07) is 5.01. The predicted molar refractivity (Wildman–Crippen MR) is 183 cm³/mol. The van der Waals surface area contributed by atoms with E-state index in [1.807, 2.05) is 51.1 Å². The molecule has 5 N–H and O–H groups in total. The maximum Gasteiger partial charge on any atom is 0.329 e. The monoisotopic (exact) mass is 671 g/mol. The van der Waals surface area contributed by atoms with Gasteiger partial charge in [0, 0.05) is 6.42 Å². The fourth-order valence-electron chi connectivity index (χ4n) is 5.55. The van der Waals surface area contributed by atoms with Gasteiger partial charge in [-0.05, 0) is 43.1 Å². The minimum absolute atomic E-state index is 0.0149. The molecule has 1 aliphatic heterocycles. The summed E-state index contributed by atoms with van der Waals surface area (Å²) < 4.78 is 5.99. The van der Waals surface area contributed by atoms with Crippen LogP contribution in [-0.2, 0) is 39.9 Å². The summed E-state index contributed by atoms with van der Waals surface area (Å²) in [7, 11) is 0. The largest absolute Gasteiger partial charge is 0.460 e. The molecule has 268 valence electrons. The molecule has 0 radical (unpaired) electrons. The van der Waals surface area contributed by atoms with Crippen molar-refractivity contribution in [3.05, 3.63) is 35.9 Å². The van der Waals surface area contributed by atoms with Gasteiger partial charge in [0.2, 0.25) is 29.5 Å². The van der Waals surface area contributed by atoms with Crippen molar-refractivity contribution in [2.45, 2.75) is 130 Å². The van der Waals surface area contributed by atoms with E-state index in [9.17, 15) is 28.8 Å². The van der Waals surface area contributed by atoms with Crippen LogP contribution >= 0.6 is 0 Å². The van der Waals surface area contributed by atoms with Gasteiger partial charge in [-0.15, -0.1) is 0 Å². The minimum atomic E-state index is -1.11. The first-order chi connectivity index (χ1) is 22.7. The van der Waals surface area contributed by atoms with E-state index in [0.29, 0.717) is 6.42 Å². The lowest BCUT2D eigenvalue weighted by atomic mass is 9.94. The van der Waals surface area contributed by atoms with Gasteiger partial charge in [-0.25, -0.2) is 4.79 Å². The lowest BCUT2D eigenvalue weighted by molar-refractivity contribution is -0.157. The lowest BCUT2D eigenvalue weighted by Crippen LogP contribution is -2.58. The Morgan fingerprint density at radius 3 is 2.06 bits per heavy atom. The first-order valence-corrected chi connectivity index (χ1v) is 17.4. The number of carbonyl (C=O) groups excluding carboxylic acids is 6. The number of unbranched alkanes of at least 4 members (excludes halogenated alkanes) is 3. The smallest absolute Gasteiger partial charge is 0.329 e. The second kappa shape index (κ2) is 20.4. The van der Waals surface area contributed by atoms with Crippen LogP contribution in [0.1, 0.15) is 99.0 Å². The van der Waals surface area contributed by atoms with Gasteiger partial charge in [-0.2, -0.15) is 0 Å². The number of rotatable bonds is 11. The van der Waals surface area contributed by atoms with Gasteiger partial charge in [0.15, 0.2) is 0 Å². The van der Waals surface area contributed by atoms with Crippen LogP contribution in [0.3, 0.4) is 0 Å². The summed E-state index contributed by atoms with van der Waals surface area (Å²) >= 11 is 0. The Labute approximate surface area is 285 Å². The quantitative estimate of drug-likeness (QED) is 0.178. The number of cyclic esters (lactones) is 1. The molecule has 0 spiro atoms. The molecule has 1 aromatic rings. The zero-order valence-corrected chi connectivity index (χ0v) is 29.7. The van der Waals surface area contributed by atoms with Gasteiger partial charge < -0.3 is 31.3 Å². The van der Waals surface area contributed by atoms with Crippen LogP contribution in [-0.4, -0.2) is 72.3 Å². The number of amides is 5. The summed E-state index contributed by atoms with van der Waals surface area (Å²) in [6.45, 7) is 12.5. The summed E-state index contributed by atoms with van der Waals surface area (Å²) in [5, 5.41) is 13.4. The number of nitrogens with one attached hydrogen (secondary N) is 5. The van der Waals surface area contributed by atoms with E-state index in [4.69, 9.17) is 4.74 Å². The number of benzene rings is 1. The molecule has 6 atom stereocenters. The molecule has 0 aromatic heterocycles. The van der Waals surface area contributed by atoms with E-state index in [-0.39, 0.29) is 43.6 Å². The van der Waals surface area contributed by atoms with Gasteiger partial charge in [-0.1, -0.05) is 97.6 Å². The molecule has 1 aliphatic rings. The number of hydrogen-bond acceptors (Lipinski definition) is 7. The zero-order valence-electron chi connectivity index (χ0n) is 29.7. The van der Waals surface area contributed by atoms with Crippen molar-refractivity contribution in [2.24, 2.45) is 17.8 Å². The zero-order chi connectivity index (χ0) is 35.8. The average Bonchev–Trinajstić information content (AvgIpc) is 3.03. The molecule has 48 heavy (non-hydrogen) atoms. The van der Waals surface area contributed by atoms with E-state index in [0.717, 1.165) is 31.2 Å². The highest BCUT2D eigenvalue weighted by Gasteiger charge is 2.34. The first kappa shape index (κ1) is 40.2. The van der Waals surface area contributed by atoms with E-state index < -0.39 is 65.8 Å². The molecule has 1 saturated heterocycles. The minimum Gasteiger partial charge on any atom is -0.460 e. The molecule has 0 unspecified atom stereocenters. The average molecular weight is 672 g/mol. The maximum absolute atomic E-state index is 13.8. The molecule has 12 nitrogen and oxygen atoms in total. The van der Waals surface area contributed by atoms with Crippen molar-refractivity contribution in [1.82, 2.24) is 26.6 Å². The van der Waals surface area contributed by atoms with E-state index >= 15 is 0 Å². The van der Waals surface area contributed by atoms with Crippen LogP contribution in [0.4, 0.5) is 0 Å². The Balaban J connectivity index is 2.46. The number of esters is 1. The van der Waals surface area contributed by atoms with E-state index in [2.05, 4.69) is 33.5 Å². The van der Waals surface area contributed by atoms with Crippen LogP contribution in [0.2, 0.25) is 0 Å². The SMILES string of the molecule is CCCCCC[C@H](C)[C@@H]1CC(=O)NCC(=O)N[C@@H](C(C)C)C(=O)N[C@@H](CC(C)C)C(=O)N[C@@H](C)C(=O)N[C@@H](Cc2ccccc2)C(=O)O1. The molecule has 1 fully saturated rings. The van der Waals surface area contributed by atoms with Crippen molar-refractivity contribution < 1.29 is 33.5 Å². The van der Waals surface area contributed by atoms with Crippen LogP contribution in [0, 0.1) is 17.8 Å². The number of ether oxygens (including phenoxy) is 1. The maximum atomic E-state index is 13.8. The molecule has 0 saturated carbocycles. The first-order valence-electron chi connectivity index (χ1n) is 17.4. The van der Waals surface area contributed by atoms with E-state index in [1.54, 1.807) is 13.8 Å². The van der Waals surface area contributed by atoms with Gasteiger partial charge in [0.05, 0.1) is 13.0 Å². The highest BCUT2D eigenvalue weighted by molar-refractivity contribution is 5.95. The highest BCUT2D eigenvalue weighted by Crippen LogP contribution is 2.21. The number of carbonyl (C=O) groups is 6. The second-order valence-electron chi connectivity index (χ2n) is 13.7. The van der Waals surface area contributed by atoms with Crippen LogP contribution in [0.5, 0.6) is 0 Å². The molecular weight excluding hydrogens is 614 g/mol. The van der Waals surface area contributed by atoms with Crippen LogP contribution in [0.15, 0.2) is 30.3 Å². The Kier molecular flexibility index (Phi) is 17.1. The molecule has 1 aromatic carbocycles. The summed E-state index contributed by atoms with van der Waals surface area (Å²) in [5.41, 5.74) is 0.780. The van der Waals surface area contributed by atoms with Crippen LogP contribution in [0.25, 0.3) is 0 Å². The summed E-state index contributed by atoms with van der Waals surface area (Å²) in [6.07, 6.45) is 4.15.